The summed E-state index contributed by atoms with van der Waals surface area (Å²) in [5.41, 5.74) is 5.80. The number of fused-ring (bicyclic) bond motifs is 1. The number of amidine groups is 1. The summed E-state index contributed by atoms with van der Waals surface area (Å²) in [5.74, 6) is 0.332. The number of nitrogens with zero attached hydrogens (tertiary/aromatic N) is 2. The minimum Gasteiger partial charge on any atom is -0.409 e. The maximum absolute atomic E-state index is 8.87. The summed E-state index contributed by atoms with van der Waals surface area (Å²) < 4.78 is 5.84. The van der Waals surface area contributed by atoms with Crippen molar-refractivity contribution in [2.45, 2.75) is 57.2 Å². The molecule has 0 aromatic rings. The van der Waals surface area contributed by atoms with Crippen LogP contribution in [0.15, 0.2) is 5.16 Å². The summed E-state index contributed by atoms with van der Waals surface area (Å²) in [6.45, 7) is 3.72. The van der Waals surface area contributed by atoms with Gasteiger partial charge in [0.05, 0.1) is 18.8 Å². The number of rotatable bonds is 3. The van der Waals surface area contributed by atoms with Gasteiger partial charge in [0, 0.05) is 12.6 Å². The molecule has 17 heavy (non-hydrogen) atoms. The minimum absolute atomic E-state index is 0.0505. The molecule has 2 rings (SSSR count). The van der Waals surface area contributed by atoms with Crippen molar-refractivity contribution < 1.29 is 9.94 Å². The maximum atomic E-state index is 8.87. The molecule has 1 heterocycles. The Morgan fingerprint density at radius 3 is 3.00 bits per heavy atom. The molecule has 5 heteroatoms. The third-order valence-corrected chi connectivity index (χ3v) is 4.02. The second-order valence-electron chi connectivity index (χ2n) is 4.95. The lowest BCUT2D eigenvalue weighted by Gasteiger charge is -2.46. The highest BCUT2D eigenvalue weighted by atomic mass is 16.5. The van der Waals surface area contributed by atoms with Crippen molar-refractivity contribution in [3.05, 3.63) is 0 Å². The number of morpholine rings is 1. The molecule has 1 saturated heterocycles. The first-order valence-corrected chi connectivity index (χ1v) is 6.62. The van der Waals surface area contributed by atoms with Crippen LogP contribution in [-0.2, 0) is 4.74 Å². The Kier molecular flexibility index (Phi) is 4.23. The SMILES string of the molecule is CCC(C(N)=NO)N1CCOC2CCCCC21. The highest BCUT2D eigenvalue weighted by Gasteiger charge is 2.38. The third kappa shape index (κ3) is 2.55. The average Bonchev–Trinajstić information content (AvgIpc) is 2.39. The predicted octanol–water partition coefficient (Wildman–Crippen LogP) is 1.15. The van der Waals surface area contributed by atoms with Gasteiger partial charge in [0.15, 0.2) is 5.84 Å². The maximum Gasteiger partial charge on any atom is 0.156 e. The van der Waals surface area contributed by atoms with Crippen LogP contribution in [0.2, 0.25) is 0 Å². The highest BCUT2D eigenvalue weighted by molar-refractivity contribution is 5.85. The number of nitrogens with two attached hydrogens (primary N) is 1. The van der Waals surface area contributed by atoms with Gasteiger partial charge in [-0.2, -0.15) is 0 Å². The first kappa shape index (κ1) is 12.6. The van der Waals surface area contributed by atoms with Crippen LogP contribution >= 0.6 is 0 Å². The highest BCUT2D eigenvalue weighted by Crippen LogP contribution is 2.30. The normalized spacial score (nSPS) is 33.1. The van der Waals surface area contributed by atoms with Gasteiger partial charge in [-0.1, -0.05) is 24.9 Å². The van der Waals surface area contributed by atoms with Crippen LogP contribution in [0.5, 0.6) is 0 Å². The van der Waals surface area contributed by atoms with Crippen LogP contribution in [0, 0.1) is 0 Å². The third-order valence-electron chi connectivity index (χ3n) is 4.02. The van der Waals surface area contributed by atoms with Crippen molar-refractivity contribution in [3.8, 4) is 0 Å². The summed E-state index contributed by atoms with van der Waals surface area (Å²) in [4.78, 5) is 2.38. The van der Waals surface area contributed by atoms with E-state index >= 15 is 0 Å². The Hall–Kier alpha value is -0.810. The standard InChI is InChI=1S/C12H23N3O2/c1-2-9(12(13)14-16)15-7-8-17-11-6-4-3-5-10(11)15/h9-11,16H,2-8H2,1H3,(H2,13,14). The van der Waals surface area contributed by atoms with E-state index in [1.807, 2.05) is 0 Å². The van der Waals surface area contributed by atoms with Crippen molar-refractivity contribution >= 4 is 5.84 Å². The van der Waals surface area contributed by atoms with Gasteiger partial charge in [-0.3, -0.25) is 4.90 Å². The van der Waals surface area contributed by atoms with E-state index in [0.29, 0.717) is 18.0 Å². The van der Waals surface area contributed by atoms with E-state index in [0.717, 1.165) is 26.0 Å². The van der Waals surface area contributed by atoms with Crippen LogP contribution in [0.25, 0.3) is 0 Å². The molecule has 0 amide bonds. The fourth-order valence-electron chi connectivity index (χ4n) is 3.19. The number of ether oxygens (including phenoxy) is 1. The van der Waals surface area contributed by atoms with Gasteiger partial charge in [-0.15, -0.1) is 0 Å². The molecule has 3 atom stereocenters. The molecule has 0 bridgehead atoms. The van der Waals surface area contributed by atoms with Crippen molar-refractivity contribution in [3.63, 3.8) is 0 Å². The van der Waals surface area contributed by atoms with Gasteiger partial charge in [-0.05, 0) is 19.3 Å². The van der Waals surface area contributed by atoms with Gasteiger partial charge >= 0.3 is 0 Å². The van der Waals surface area contributed by atoms with Gasteiger partial charge < -0.3 is 15.7 Å². The second-order valence-corrected chi connectivity index (χ2v) is 4.95. The Morgan fingerprint density at radius 1 is 1.53 bits per heavy atom. The van der Waals surface area contributed by atoms with Crippen molar-refractivity contribution in [2.24, 2.45) is 10.9 Å². The van der Waals surface area contributed by atoms with E-state index in [4.69, 9.17) is 15.7 Å². The Balaban J connectivity index is 2.11. The zero-order valence-electron chi connectivity index (χ0n) is 10.5. The van der Waals surface area contributed by atoms with Crippen molar-refractivity contribution in [1.82, 2.24) is 4.90 Å². The molecule has 0 radical (unpaired) electrons. The predicted molar refractivity (Wildman–Crippen MR) is 66.2 cm³/mol. The van der Waals surface area contributed by atoms with E-state index in [-0.39, 0.29) is 6.04 Å². The lowest BCUT2D eigenvalue weighted by molar-refractivity contribution is -0.0949. The Bertz CT molecular complexity index is 281. The molecule has 98 valence electrons. The molecule has 3 unspecified atom stereocenters. The van der Waals surface area contributed by atoms with E-state index < -0.39 is 0 Å². The molecule has 2 fully saturated rings. The van der Waals surface area contributed by atoms with E-state index in [2.05, 4.69) is 17.0 Å². The number of hydrogen-bond acceptors (Lipinski definition) is 4. The summed E-state index contributed by atoms with van der Waals surface area (Å²) in [7, 11) is 0. The quantitative estimate of drug-likeness (QED) is 0.336. The van der Waals surface area contributed by atoms with E-state index in [9.17, 15) is 0 Å². The van der Waals surface area contributed by atoms with Crippen LogP contribution in [0.1, 0.15) is 39.0 Å². The molecule has 3 N–H and O–H groups in total. The zero-order valence-corrected chi connectivity index (χ0v) is 10.5. The molecule has 0 spiro atoms. The fraction of sp³-hybridized carbons (Fsp3) is 0.917. The summed E-state index contributed by atoms with van der Waals surface area (Å²) in [6, 6.07) is 0.497. The van der Waals surface area contributed by atoms with Crippen LogP contribution < -0.4 is 5.73 Å². The number of oxime groups is 1. The smallest absolute Gasteiger partial charge is 0.156 e. The average molecular weight is 241 g/mol. The topological polar surface area (TPSA) is 71.1 Å². The van der Waals surface area contributed by atoms with Crippen LogP contribution in [-0.4, -0.2) is 47.3 Å². The molecule has 1 aliphatic carbocycles. The van der Waals surface area contributed by atoms with E-state index in [1.165, 1.54) is 19.3 Å². The van der Waals surface area contributed by atoms with Crippen LogP contribution in [0.4, 0.5) is 0 Å². The fourth-order valence-corrected chi connectivity index (χ4v) is 3.19. The molecular weight excluding hydrogens is 218 g/mol. The first-order chi connectivity index (χ1) is 8.27. The molecule has 0 aromatic carbocycles. The van der Waals surface area contributed by atoms with Crippen LogP contribution in [0.3, 0.4) is 0 Å². The monoisotopic (exact) mass is 241 g/mol. The Labute approximate surface area is 103 Å². The first-order valence-electron chi connectivity index (χ1n) is 6.62. The molecular formula is C12H23N3O2. The Morgan fingerprint density at radius 2 is 2.29 bits per heavy atom. The molecule has 0 aromatic heterocycles. The summed E-state index contributed by atoms with van der Waals surface area (Å²) in [6.07, 6.45) is 6.05. The molecule has 5 nitrogen and oxygen atoms in total. The lowest BCUT2D eigenvalue weighted by atomic mass is 9.88. The van der Waals surface area contributed by atoms with Crippen molar-refractivity contribution in [1.29, 1.82) is 0 Å². The molecule has 1 saturated carbocycles. The summed E-state index contributed by atoms with van der Waals surface area (Å²) >= 11 is 0. The summed E-state index contributed by atoms with van der Waals surface area (Å²) in [5, 5.41) is 12.1. The minimum atomic E-state index is 0.0505. The van der Waals surface area contributed by atoms with Gasteiger partial charge in [0.1, 0.15) is 0 Å². The van der Waals surface area contributed by atoms with Crippen molar-refractivity contribution in [2.75, 3.05) is 13.2 Å². The van der Waals surface area contributed by atoms with Gasteiger partial charge in [0.25, 0.3) is 0 Å². The molecule has 1 aliphatic heterocycles. The zero-order chi connectivity index (χ0) is 12.3. The largest absolute Gasteiger partial charge is 0.409 e. The van der Waals surface area contributed by atoms with E-state index in [1.54, 1.807) is 0 Å². The molecule has 2 aliphatic rings. The number of hydrogen-bond donors (Lipinski definition) is 2. The van der Waals surface area contributed by atoms with Gasteiger partial charge in [-0.25, -0.2) is 0 Å². The van der Waals surface area contributed by atoms with Gasteiger partial charge in [0.2, 0.25) is 0 Å². The lowest BCUT2D eigenvalue weighted by Crippen LogP contribution is -2.59. The second kappa shape index (κ2) is 5.69.